The van der Waals surface area contributed by atoms with E-state index in [2.05, 4.69) is 5.32 Å². The van der Waals surface area contributed by atoms with E-state index in [1.165, 1.54) is 11.3 Å². The third-order valence-corrected chi connectivity index (χ3v) is 6.42. The Balaban J connectivity index is 1.84. The number of hydrogen-bond donors (Lipinski definition) is 1. The molecule has 0 saturated heterocycles. The summed E-state index contributed by atoms with van der Waals surface area (Å²) in [6.07, 6.45) is 2.07. The Bertz CT molecular complexity index is 1050. The van der Waals surface area contributed by atoms with Gasteiger partial charge in [-0.25, -0.2) is 9.78 Å². The van der Waals surface area contributed by atoms with E-state index in [1.54, 1.807) is 6.92 Å². The number of benzene rings is 1. The van der Waals surface area contributed by atoms with Gasteiger partial charge in [0.25, 0.3) is 0 Å². The first kappa shape index (κ1) is 19.9. The number of ether oxygens (including phenoxy) is 1. The first-order valence-electron chi connectivity index (χ1n) is 9.62. The molecular formula is C22H21ClN2O3S. The molecule has 2 aliphatic rings. The highest BCUT2D eigenvalue weighted by atomic mass is 35.5. The molecule has 1 aliphatic heterocycles. The summed E-state index contributed by atoms with van der Waals surface area (Å²) in [6.45, 7) is 3.89. The van der Waals surface area contributed by atoms with Gasteiger partial charge in [-0.1, -0.05) is 29.8 Å². The van der Waals surface area contributed by atoms with E-state index < -0.39 is 11.9 Å². The van der Waals surface area contributed by atoms with Crippen LogP contribution < -0.4 is 5.32 Å². The van der Waals surface area contributed by atoms with Crippen LogP contribution in [0.2, 0.25) is 5.02 Å². The number of halogens is 1. The molecule has 2 heterocycles. The molecule has 29 heavy (non-hydrogen) atoms. The van der Waals surface area contributed by atoms with Crippen LogP contribution >= 0.6 is 22.9 Å². The maximum absolute atomic E-state index is 12.9. The first-order chi connectivity index (χ1) is 14.0. The molecule has 1 aromatic carbocycles. The van der Waals surface area contributed by atoms with Crippen LogP contribution in [0.1, 0.15) is 44.7 Å². The van der Waals surface area contributed by atoms with Gasteiger partial charge in [0.05, 0.1) is 28.8 Å². The highest BCUT2D eigenvalue weighted by Gasteiger charge is 2.40. The molecule has 1 atom stereocenters. The van der Waals surface area contributed by atoms with Crippen LogP contribution in [0.15, 0.2) is 52.2 Å². The molecule has 150 valence electrons. The number of dihydropyridines is 1. The fourth-order valence-electron chi connectivity index (χ4n) is 3.94. The van der Waals surface area contributed by atoms with E-state index in [1.807, 2.05) is 36.6 Å². The molecule has 2 aromatic rings. The van der Waals surface area contributed by atoms with E-state index in [4.69, 9.17) is 21.3 Å². The zero-order valence-corrected chi connectivity index (χ0v) is 17.8. The van der Waals surface area contributed by atoms with Crippen molar-refractivity contribution in [2.75, 3.05) is 6.61 Å². The molecule has 0 radical (unpaired) electrons. The van der Waals surface area contributed by atoms with Crippen molar-refractivity contribution in [3.8, 4) is 10.6 Å². The molecule has 0 spiro atoms. The second-order valence-electron chi connectivity index (χ2n) is 7.04. The largest absolute Gasteiger partial charge is 0.463 e. The summed E-state index contributed by atoms with van der Waals surface area (Å²) in [4.78, 5) is 30.5. The Hall–Kier alpha value is -2.44. The fourth-order valence-corrected chi connectivity index (χ4v) is 5.10. The molecule has 7 heteroatoms. The number of esters is 1. The van der Waals surface area contributed by atoms with E-state index in [-0.39, 0.29) is 12.4 Å². The lowest BCUT2D eigenvalue weighted by Crippen LogP contribution is -2.34. The molecule has 0 amide bonds. The Morgan fingerprint density at radius 3 is 2.90 bits per heavy atom. The van der Waals surface area contributed by atoms with Crippen LogP contribution in [0.3, 0.4) is 0 Å². The van der Waals surface area contributed by atoms with Gasteiger partial charge in [0.15, 0.2) is 5.78 Å². The summed E-state index contributed by atoms with van der Waals surface area (Å²) < 4.78 is 5.31. The highest BCUT2D eigenvalue weighted by molar-refractivity contribution is 7.13. The van der Waals surface area contributed by atoms with Crippen molar-refractivity contribution < 1.29 is 14.3 Å². The van der Waals surface area contributed by atoms with Crippen molar-refractivity contribution in [1.82, 2.24) is 10.3 Å². The van der Waals surface area contributed by atoms with Gasteiger partial charge in [-0.15, -0.1) is 11.3 Å². The van der Waals surface area contributed by atoms with Crippen LogP contribution in [0, 0.1) is 0 Å². The van der Waals surface area contributed by atoms with Crippen molar-refractivity contribution in [2.45, 2.75) is 39.0 Å². The van der Waals surface area contributed by atoms with Gasteiger partial charge in [-0.2, -0.15) is 0 Å². The summed E-state index contributed by atoms with van der Waals surface area (Å²) in [6, 6.07) is 7.52. The predicted octanol–water partition coefficient (Wildman–Crippen LogP) is 4.99. The standard InChI is InChI=1S/C22H21ClN2O3S/c1-3-28-22(27)18-12(2)24-15-9-6-10-17(26)19(15)20(18)16-11-29-21(25-16)13-7-4-5-8-14(13)23/h4-5,7-8,11,20,24H,3,6,9-10H2,1-2H3. The van der Waals surface area contributed by atoms with Gasteiger partial charge in [-0.3, -0.25) is 4.79 Å². The maximum atomic E-state index is 12.9. The molecule has 1 aliphatic carbocycles. The number of carbonyl (C=O) groups excluding carboxylic acids is 2. The topological polar surface area (TPSA) is 68.3 Å². The van der Waals surface area contributed by atoms with Gasteiger partial charge in [0, 0.05) is 34.3 Å². The van der Waals surface area contributed by atoms with Gasteiger partial charge < -0.3 is 10.1 Å². The number of Topliss-reactive ketones (excluding diaryl/α,β-unsaturated/α-hetero) is 1. The van der Waals surface area contributed by atoms with Crippen molar-refractivity contribution in [2.24, 2.45) is 0 Å². The van der Waals surface area contributed by atoms with Crippen LogP contribution in [-0.2, 0) is 14.3 Å². The molecule has 1 N–H and O–H groups in total. The van der Waals surface area contributed by atoms with Crippen molar-refractivity contribution in [3.05, 3.63) is 62.9 Å². The van der Waals surface area contributed by atoms with E-state index in [9.17, 15) is 9.59 Å². The second-order valence-corrected chi connectivity index (χ2v) is 8.31. The van der Waals surface area contributed by atoms with Crippen LogP contribution in [0.4, 0.5) is 0 Å². The number of ketones is 1. The Labute approximate surface area is 178 Å². The van der Waals surface area contributed by atoms with E-state index in [0.717, 1.165) is 29.1 Å². The quantitative estimate of drug-likeness (QED) is 0.694. The first-order valence-corrected chi connectivity index (χ1v) is 10.9. The molecule has 5 nitrogen and oxygen atoms in total. The van der Waals surface area contributed by atoms with Gasteiger partial charge in [0.1, 0.15) is 5.01 Å². The minimum atomic E-state index is -0.523. The van der Waals surface area contributed by atoms with Crippen LogP contribution in [0.5, 0.6) is 0 Å². The molecule has 1 aromatic heterocycles. The summed E-state index contributed by atoms with van der Waals surface area (Å²) in [7, 11) is 0. The number of rotatable bonds is 4. The molecule has 4 rings (SSSR count). The number of allylic oxidation sites excluding steroid dienone is 3. The number of nitrogens with zero attached hydrogens (tertiary/aromatic N) is 1. The predicted molar refractivity (Wildman–Crippen MR) is 114 cm³/mol. The lowest BCUT2D eigenvalue weighted by molar-refractivity contribution is -0.138. The van der Waals surface area contributed by atoms with Gasteiger partial charge >= 0.3 is 5.97 Å². The van der Waals surface area contributed by atoms with Crippen molar-refractivity contribution in [1.29, 1.82) is 0 Å². The third kappa shape index (κ3) is 3.63. The normalized spacial score (nSPS) is 19.1. The molecular weight excluding hydrogens is 408 g/mol. The second kappa shape index (κ2) is 8.13. The van der Waals surface area contributed by atoms with Crippen molar-refractivity contribution >= 4 is 34.7 Å². The monoisotopic (exact) mass is 428 g/mol. The minimum Gasteiger partial charge on any atom is -0.463 e. The summed E-state index contributed by atoms with van der Waals surface area (Å²) in [5.74, 6) is -0.879. The number of thiazole rings is 1. The summed E-state index contributed by atoms with van der Waals surface area (Å²) in [5, 5.41) is 6.56. The van der Waals surface area contributed by atoms with Gasteiger partial charge in [0.2, 0.25) is 0 Å². The number of nitrogens with one attached hydrogen (secondary N) is 1. The molecule has 0 bridgehead atoms. The Morgan fingerprint density at radius 1 is 1.34 bits per heavy atom. The number of carbonyl (C=O) groups is 2. The zero-order valence-electron chi connectivity index (χ0n) is 16.3. The lowest BCUT2D eigenvalue weighted by atomic mass is 9.77. The minimum absolute atomic E-state index is 0.0605. The number of hydrogen-bond acceptors (Lipinski definition) is 6. The van der Waals surface area contributed by atoms with Crippen molar-refractivity contribution in [3.63, 3.8) is 0 Å². The lowest BCUT2D eigenvalue weighted by Gasteiger charge is -2.33. The fraction of sp³-hybridized carbons (Fsp3) is 0.318. The number of aromatic nitrogens is 1. The average molecular weight is 429 g/mol. The van der Waals surface area contributed by atoms with Crippen LogP contribution in [-0.4, -0.2) is 23.3 Å². The SMILES string of the molecule is CCOC(=O)C1=C(C)NC2=C(C(=O)CCC2)C1c1csc(-c2ccccc2Cl)n1. The van der Waals surface area contributed by atoms with E-state index >= 15 is 0 Å². The maximum Gasteiger partial charge on any atom is 0.336 e. The molecule has 0 saturated carbocycles. The zero-order chi connectivity index (χ0) is 20.5. The summed E-state index contributed by atoms with van der Waals surface area (Å²) >= 11 is 7.80. The average Bonchev–Trinajstić information content (AvgIpc) is 3.17. The Kier molecular flexibility index (Phi) is 5.56. The van der Waals surface area contributed by atoms with E-state index in [0.29, 0.717) is 34.0 Å². The van der Waals surface area contributed by atoms with Crippen LogP contribution in [0.25, 0.3) is 10.6 Å². The smallest absolute Gasteiger partial charge is 0.336 e. The highest BCUT2D eigenvalue weighted by Crippen LogP contribution is 2.43. The summed E-state index contributed by atoms with van der Waals surface area (Å²) in [5.41, 5.74) is 4.22. The van der Waals surface area contributed by atoms with Gasteiger partial charge in [-0.05, 0) is 32.8 Å². The Morgan fingerprint density at radius 2 is 2.14 bits per heavy atom. The molecule has 0 fully saturated rings. The molecule has 1 unspecified atom stereocenters. The third-order valence-electron chi connectivity index (χ3n) is 5.19.